The van der Waals surface area contributed by atoms with Gasteiger partial charge in [-0.1, -0.05) is 74.4 Å². The van der Waals surface area contributed by atoms with E-state index in [1.165, 1.54) is 12.8 Å². The molecule has 6 aromatic rings. The smallest absolute Gasteiger partial charge is 0.344 e. The number of nitrogens with zero attached hydrogens (tertiary/aromatic N) is 4. The maximum absolute atomic E-state index is 13.4. The third-order valence-electron chi connectivity index (χ3n) is 10.9. The van der Waals surface area contributed by atoms with Crippen LogP contribution in [0, 0.1) is 0 Å². The number of thiophene rings is 2. The second-order valence-corrected chi connectivity index (χ2v) is 18.9. The number of carboxylic acid groups (broad SMARTS) is 1. The van der Waals surface area contributed by atoms with Crippen molar-refractivity contribution in [2.24, 2.45) is 5.10 Å². The normalized spacial score (nSPS) is 15.9. The van der Waals surface area contributed by atoms with E-state index in [1.807, 2.05) is 66.7 Å². The van der Waals surface area contributed by atoms with Crippen LogP contribution in [0.2, 0.25) is 0 Å². The van der Waals surface area contributed by atoms with Gasteiger partial charge in [0.15, 0.2) is 0 Å². The topological polar surface area (TPSA) is 116 Å². The summed E-state index contributed by atoms with van der Waals surface area (Å²) >= 11 is 9.61. The molecule has 3 aromatic carbocycles. The van der Waals surface area contributed by atoms with Crippen LogP contribution >= 0.6 is 46.7 Å². The van der Waals surface area contributed by atoms with Gasteiger partial charge in [-0.3, -0.25) is 19.5 Å². The number of hydrogen-bond acceptors (Lipinski definition) is 12. The number of ether oxygens (including phenoxy) is 1. The van der Waals surface area contributed by atoms with Crippen LogP contribution in [0.4, 0.5) is 11.4 Å². The number of rotatable bonds is 17. The lowest BCUT2D eigenvalue weighted by Crippen LogP contribution is -2.33. The third kappa shape index (κ3) is 9.43. The van der Waals surface area contributed by atoms with Crippen molar-refractivity contribution in [3.63, 3.8) is 0 Å². The molecule has 2 aliphatic rings. The maximum atomic E-state index is 13.4. The second kappa shape index (κ2) is 19.2. The Hall–Kier alpha value is -5.54. The fourth-order valence-corrected chi connectivity index (χ4v) is 11.0. The summed E-state index contributed by atoms with van der Waals surface area (Å²) in [6.45, 7) is 8.39. The van der Waals surface area contributed by atoms with Gasteiger partial charge in [-0.25, -0.2) is 4.79 Å². The molecule has 1 amide bonds. The first-order chi connectivity index (χ1) is 30.1. The highest BCUT2D eigenvalue weighted by atomic mass is 32.2. The number of fused-ring (bicyclic) bond motifs is 1. The molecule has 10 nitrogen and oxygen atoms in total. The number of hydrogen-bond donors (Lipinski definition) is 1. The molecular formula is C48H46N4O6S4. The molecule has 14 heteroatoms. The molecule has 2 aliphatic heterocycles. The van der Waals surface area contributed by atoms with Crippen molar-refractivity contribution in [3.05, 3.63) is 128 Å². The van der Waals surface area contributed by atoms with Crippen molar-refractivity contribution in [1.82, 2.24) is 4.90 Å². The molecule has 1 fully saturated rings. The van der Waals surface area contributed by atoms with E-state index < -0.39 is 18.4 Å². The Bertz CT molecular complexity index is 2730. The van der Waals surface area contributed by atoms with Crippen molar-refractivity contribution >= 4 is 97.0 Å². The number of thioether (sulfide) groups is 1. The van der Waals surface area contributed by atoms with Gasteiger partial charge in [-0.05, 0) is 104 Å². The maximum Gasteiger partial charge on any atom is 0.344 e. The Balaban J connectivity index is 1.05. The van der Waals surface area contributed by atoms with Crippen LogP contribution < -0.4 is 20.3 Å². The Labute approximate surface area is 378 Å². The number of anilines is 2. The molecule has 62 heavy (non-hydrogen) atoms. The molecule has 5 heterocycles. The van der Waals surface area contributed by atoms with Crippen molar-refractivity contribution in [2.75, 3.05) is 36.1 Å². The van der Waals surface area contributed by atoms with Gasteiger partial charge < -0.3 is 19.2 Å². The predicted octanol–water partition coefficient (Wildman–Crippen LogP) is 11.7. The Kier molecular flexibility index (Phi) is 13.4. The molecule has 1 saturated heterocycles. The molecule has 0 bridgehead atoms. The highest BCUT2D eigenvalue weighted by Gasteiger charge is 2.34. The van der Waals surface area contributed by atoms with E-state index in [9.17, 15) is 19.5 Å². The van der Waals surface area contributed by atoms with Crippen molar-refractivity contribution in [1.29, 1.82) is 0 Å². The number of amides is 1. The van der Waals surface area contributed by atoms with E-state index in [4.69, 9.17) is 26.5 Å². The number of carbonyl (C=O) groups excluding carboxylic acids is 1. The second-order valence-electron chi connectivity index (χ2n) is 15.0. The van der Waals surface area contributed by atoms with Crippen LogP contribution in [0.15, 0.2) is 116 Å². The van der Waals surface area contributed by atoms with E-state index in [0.29, 0.717) is 29.1 Å². The minimum atomic E-state index is -1.11. The lowest BCUT2D eigenvalue weighted by Gasteiger charge is -2.24. The number of aliphatic carboxylic acids is 1. The highest BCUT2D eigenvalue weighted by molar-refractivity contribution is 8.26. The summed E-state index contributed by atoms with van der Waals surface area (Å²) in [5.41, 5.74) is 5.45. The summed E-state index contributed by atoms with van der Waals surface area (Å²) < 4.78 is 12.2. The zero-order chi connectivity index (χ0) is 43.3. The van der Waals surface area contributed by atoms with Crippen molar-refractivity contribution < 1.29 is 23.8 Å². The number of benzene rings is 3. The van der Waals surface area contributed by atoms with Gasteiger partial charge in [0.05, 0.1) is 39.4 Å². The monoisotopic (exact) mass is 902 g/mol. The predicted molar refractivity (Wildman–Crippen MR) is 259 cm³/mol. The average molecular weight is 903 g/mol. The van der Waals surface area contributed by atoms with E-state index in [-0.39, 0.29) is 16.0 Å². The summed E-state index contributed by atoms with van der Waals surface area (Å²) in [6, 6.07) is 32.3. The molecule has 0 radical (unpaired) electrons. The molecular weight excluding hydrogens is 857 g/mol. The van der Waals surface area contributed by atoms with E-state index in [2.05, 4.69) is 61.0 Å². The summed E-state index contributed by atoms with van der Waals surface area (Å²) in [5, 5.41) is 17.4. The molecule has 0 saturated carbocycles. The summed E-state index contributed by atoms with van der Waals surface area (Å²) in [7, 11) is 0. The largest absolute Gasteiger partial charge is 0.494 e. The highest BCUT2D eigenvalue weighted by Crippen LogP contribution is 2.42. The number of carbonyl (C=O) groups is 2. The zero-order valence-corrected chi connectivity index (χ0v) is 37.9. The lowest BCUT2D eigenvalue weighted by atomic mass is 10.00. The van der Waals surface area contributed by atoms with E-state index in [1.54, 1.807) is 28.7 Å². The Morgan fingerprint density at radius 2 is 1.65 bits per heavy atom. The van der Waals surface area contributed by atoms with E-state index >= 15 is 0 Å². The van der Waals surface area contributed by atoms with Crippen LogP contribution in [0.1, 0.15) is 74.2 Å². The first kappa shape index (κ1) is 43.1. The standard InChI is InChI=1S/C48H46N4O6S4/c1-4-7-8-9-24-57-35-18-13-31(14-19-35)39-28-38(41-22-23-43(61-41)42-21-20-36(60-42)27-44-46(55)51(29-45(53)54)48(59)62-44)49-52(39)33-15-10-30(11-16-33)37-25-32-12-17-34(50(5-2)6-3)26-40(32)58-47(37)56/h10-23,25-27,39H,4-9,24,28-29H2,1-3H3,(H,53,54)/b44-27-. The quantitative estimate of drug-likeness (QED) is 0.0410. The van der Waals surface area contributed by atoms with Gasteiger partial charge >= 0.3 is 11.6 Å². The minimum Gasteiger partial charge on any atom is -0.494 e. The van der Waals surface area contributed by atoms with Crippen molar-refractivity contribution in [2.45, 2.75) is 58.9 Å². The van der Waals surface area contributed by atoms with Crippen LogP contribution in [0.5, 0.6) is 5.75 Å². The van der Waals surface area contributed by atoms with Crippen LogP contribution in [-0.4, -0.2) is 58.2 Å². The molecule has 1 N–H and O–H groups in total. The lowest BCUT2D eigenvalue weighted by molar-refractivity contribution is -0.140. The van der Waals surface area contributed by atoms with Crippen molar-refractivity contribution in [3.8, 4) is 26.6 Å². The number of hydrazone groups is 1. The van der Waals surface area contributed by atoms with Crippen LogP contribution in [0.25, 0.3) is 37.9 Å². The SMILES string of the molecule is CCCCCCOc1ccc(C2CC(c3ccc(-c4ccc(/C=C5\SC(=S)N(CC(=O)O)C5=O)s4)s3)=NN2c2ccc(-c3cc4ccc(N(CC)CC)cc4oc3=O)cc2)cc1. The summed E-state index contributed by atoms with van der Waals surface area (Å²) in [5.74, 6) is -0.650. The summed E-state index contributed by atoms with van der Waals surface area (Å²) in [4.78, 5) is 45.3. The molecule has 0 aliphatic carbocycles. The van der Waals surface area contributed by atoms with Gasteiger partial charge in [-0.2, -0.15) is 5.10 Å². The first-order valence-electron chi connectivity index (χ1n) is 20.8. The van der Waals surface area contributed by atoms with Crippen LogP contribution in [0.3, 0.4) is 0 Å². The third-order valence-corrected chi connectivity index (χ3v) is 14.7. The number of carboxylic acids is 1. The number of unbranched alkanes of at least 4 members (excludes halogenated alkanes) is 3. The van der Waals surface area contributed by atoms with Gasteiger partial charge in [0.1, 0.15) is 22.2 Å². The Morgan fingerprint density at radius 3 is 2.39 bits per heavy atom. The molecule has 8 rings (SSSR count). The van der Waals surface area contributed by atoms with Gasteiger partial charge in [0, 0.05) is 51.3 Å². The van der Waals surface area contributed by atoms with Gasteiger partial charge in [0.25, 0.3) is 5.91 Å². The molecule has 318 valence electrons. The van der Waals surface area contributed by atoms with Crippen LogP contribution in [-0.2, 0) is 9.59 Å². The van der Waals surface area contributed by atoms with Gasteiger partial charge in [-0.15, -0.1) is 22.7 Å². The summed E-state index contributed by atoms with van der Waals surface area (Å²) in [6.07, 6.45) is 7.04. The zero-order valence-electron chi connectivity index (χ0n) is 34.7. The molecule has 1 atom stereocenters. The molecule has 0 spiro atoms. The molecule has 1 unspecified atom stereocenters. The minimum absolute atomic E-state index is 0.0843. The first-order valence-corrected chi connectivity index (χ1v) is 23.7. The number of thiocarbonyl (C=S) groups is 1. The van der Waals surface area contributed by atoms with E-state index in [0.717, 1.165) is 101 Å². The Morgan fingerprint density at radius 1 is 0.903 bits per heavy atom. The fraction of sp³-hybridized carbons (Fsp3) is 0.271. The molecule has 3 aromatic heterocycles. The fourth-order valence-electron chi connectivity index (χ4n) is 7.63. The average Bonchev–Trinajstić information content (AvgIpc) is 4.09. The van der Waals surface area contributed by atoms with Gasteiger partial charge in [0.2, 0.25) is 0 Å².